The van der Waals surface area contributed by atoms with Crippen LogP contribution in [0.1, 0.15) is 0 Å². The van der Waals surface area contributed by atoms with Crippen LogP contribution >= 0.6 is 11.8 Å². The van der Waals surface area contributed by atoms with Crippen molar-refractivity contribution in [3.8, 4) is 11.5 Å². The maximum absolute atomic E-state index is 5.51. The van der Waals surface area contributed by atoms with Crippen LogP contribution in [0.3, 0.4) is 0 Å². The van der Waals surface area contributed by atoms with Crippen molar-refractivity contribution in [2.75, 3.05) is 51.6 Å². The predicted molar refractivity (Wildman–Crippen MR) is 76.4 cm³/mol. The van der Waals surface area contributed by atoms with Crippen molar-refractivity contribution in [1.29, 1.82) is 0 Å². The van der Waals surface area contributed by atoms with Crippen LogP contribution in [0.5, 0.6) is 11.5 Å². The van der Waals surface area contributed by atoms with E-state index in [4.69, 9.17) is 9.47 Å². The number of thioether (sulfide) groups is 1. The van der Waals surface area contributed by atoms with Crippen molar-refractivity contribution >= 4 is 17.4 Å². The molecule has 100 valence electrons. The van der Waals surface area contributed by atoms with Crippen LogP contribution in [0.15, 0.2) is 17.0 Å². The maximum Gasteiger partial charge on any atom is 0.143 e. The largest absolute Gasteiger partial charge is 0.496 e. The SMILES string of the molecule is COc1cc(N2CCNCC2)c(OC)cc1SC. The minimum absolute atomic E-state index is 0.914. The van der Waals surface area contributed by atoms with Crippen molar-refractivity contribution in [3.63, 3.8) is 0 Å². The third-order valence-electron chi connectivity index (χ3n) is 3.14. The molecule has 0 aromatic heterocycles. The lowest BCUT2D eigenvalue weighted by atomic mass is 10.2. The first-order valence-corrected chi connectivity index (χ1v) is 7.28. The van der Waals surface area contributed by atoms with Gasteiger partial charge >= 0.3 is 0 Å². The van der Waals surface area contributed by atoms with Gasteiger partial charge in [0.15, 0.2) is 0 Å². The summed E-state index contributed by atoms with van der Waals surface area (Å²) < 4.78 is 11.0. The van der Waals surface area contributed by atoms with E-state index in [9.17, 15) is 0 Å². The lowest BCUT2D eigenvalue weighted by molar-refractivity contribution is 0.393. The highest BCUT2D eigenvalue weighted by atomic mass is 32.2. The lowest BCUT2D eigenvalue weighted by Crippen LogP contribution is -2.43. The van der Waals surface area contributed by atoms with Crippen LogP contribution in [-0.2, 0) is 0 Å². The summed E-state index contributed by atoms with van der Waals surface area (Å²) in [6.45, 7) is 4.02. The first kappa shape index (κ1) is 13.4. The van der Waals surface area contributed by atoms with E-state index in [1.54, 1.807) is 26.0 Å². The Morgan fingerprint density at radius 3 is 2.33 bits per heavy atom. The molecule has 0 radical (unpaired) electrons. The molecule has 0 atom stereocenters. The molecule has 1 aliphatic rings. The summed E-state index contributed by atoms with van der Waals surface area (Å²) in [5.74, 6) is 1.83. The van der Waals surface area contributed by atoms with Gasteiger partial charge in [-0.05, 0) is 12.3 Å². The summed E-state index contributed by atoms with van der Waals surface area (Å²) in [7, 11) is 3.43. The number of anilines is 1. The zero-order chi connectivity index (χ0) is 13.0. The van der Waals surface area contributed by atoms with E-state index >= 15 is 0 Å². The second-order valence-corrected chi connectivity index (χ2v) is 4.96. The van der Waals surface area contributed by atoms with Gasteiger partial charge in [-0.3, -0.25) is 0 Å². The van der Waals surface area contributed by atoms with Crippen molar-refractivity contribution in [2.24, 2.45) is 0 Å². The fourth-order valence-corrected chi connectivity index (χ4v) is 2.73. The van der Waals surface area contributed by atoms with Crippen molar-refractivity contribution in [3.05, 3.63) is 12.1 Å². The summed E-state index contributed by atoms with van der Waals surface area (Å²) in [5, 5.41) is 3.36. The molecule has 5 heteroatoms. The molecule has 1 aromatic rings. The number of methoxy groups -OCH3 is 2. The molecule has 1 N–H and O–H groups in total. The molecule has 0 spiro atoms. The molecule has 1 fully saturated rings. The van der Waals surface area contributed by atoms with E-state index in [2.05, 4.69) is 22.3 Å². The smallest absolute Gasteiger partial charge is 0.143 e. The maximum atomic E-state index is 5.51. The van der Waals surface area contributed by atoms with E-state index < -0.39 is 0 Å². The summed E-state index contributed by atoms with van der Waals surface area (Å²) in [6, 6.07) is 4.14. The van der Waals surface area contributed by atoms with Gasteiger partial charge in [0.2, 0.25) is 0 Å². The molecule has 4 nitrogen and oxygen atoms in total. The highest BCUT2D eigenvalue weighted by Gasteiger charge is 2.18. The van der Waals surface area contributed by atoms with Gasteiger partial charge < -0.3 is 19.7 Å². The number of ether oxygens (including phenoxy) is 2. The number of nitrogens with one attached hydrogen (secondary N) is 1. The molecule has 18 heavy (non-hydrogen) atoms. The van der Waals surface area contributed by atoms with Gasteiger partial charge in [-0.25, -0.2) is 0 Å². The molecule has 2 rings (SSSR count). The monoisotopic (exact) mass is 268 g/mol. The predicted octanol–water partition coefficient (Wildman–Crippen LogP) is 1.84. The first-order valence-electron chi connectivity index (χ1n) is 6.05. The minimum atomic E-state index is 0.914. The van der Waals surface area contributed by atoms with Crippen LogP contribution in [0.4, 0.5) is 5.69 Å². The van der Waals surface area contributed by atoms with Gasteiger partial charge in [0.25, 0.3) is 0 Å². The molecule has 1 aliphatic heterocycles. The molecular formula is C13H20N2O2S. The van der Waals surface area contributed by atoms with Crippen molar-refractivity contribution in [2.45, 2.75) is 4.90 Å². The van der Waals surface area contributed by atoms with Crippen molar-refractivity contribution < 1.29 is 9.47 Å². The van der Waals surface area contributed by atoms with Crippen LogP contribution in [0, 0.1) is 0 Å². The third kappa shape index (κ3) is 2.67. The molecule has 0 bridgehead atoms. The number of benzene rings is 1. The van der Waals surface area contributed by atoms with E-state index in [-0.39, 0.29) is 0 Å². The number of rotatable bonds is 4. The summed E-state index contributed by atoms with van der Waals surface area (Å²) in [4.78, 5) is 3.44. The molecule has 1 aromatic carbocycles. The van der Waals surface area contributed by atoms with Gasteiger partial charge in [0, 0.05) is 32.2 Å². The molecule has 0 saturated carbocycles. The number of nitrogens with zero attached hydrogens (tertiary/aromatic N) is 1. The lowest BCUT2D eigenvalue weighted by Gasteiger charge is -2.31. The van der Waals surface area contributed by atoms with Gasteiger partial charge in [0.1, 0.15) is 11.5 Å². The zero-order valence-corrected chi connectivity index (χ0v) is 12.0. The summed E-state index contributed by atoms with van der Waals surface area (Å²) >= 11 is 1.67. The topological polar surface area (TPSA) is 33.7 Å². The average Bonchev–Trinajstić information content (AvgIpc) is 2.46. The van der Waals surface area contributed by atoms with Crippen molar-refractivity contribution in [1.82, 2.24) is 5.32 Å². The highest BCUT2D eigenvalue weighted by molar-refractivity contribution is 7.98. The number of piperazine rings is 1. The zero-order valence-electron chi connectivity index (χ0n) is 11.2. The Hall–Kier alpha value is -1.07. The molecule has 0 unspecified atom stereocenters. The minimum Gasteiger partial charge on any atom is -0.496 e. The fourth-order valence-electron chi connectivity index (χ4n) is 2.17. The third-order valence-corrected chi connectivity index (χ3v) is 3.90. The Bertz CT molecular complexity index is 406. The normalized spacial score (nSPS) is 15.6. The Labute approximate surface area is 113 Å². The summed E-state index contributed by atoms with van der Waals surface area (Å²) in [5.41, 5.74) is 1.12. The van der Waals surface area contributed by atoms with Gasteiger partial charge in [-0.2, -0.15) is 0 Å². The van der Waals surface area contributed by atoms with E-state index in [1.165, 1.54) is 0 Å². The van der Waals surface area contributed by atoms with E-state index in [0.29, 0.717) is 0 Å². The Balaban J connectivity index is 2.37. The quantitative estimate of drug-likeness (QED) is 0.843. The highest BCUT2D eigenvalue weighted by Crippen LogP contribution is 2.39. The molecule has 1 saturated heterocycles. The van der Waals surface area contributed by atoms with Gasteiger partial charge in [-0.1, -0.05) is 0 Å². The Morgan fingerprint density at radius 1 is 1.11 bits per heavy atom. The second-order valence-electron chi connectivity index (χ2n) is 4.12. The number of hydrogen-bond acceptors (Lipinski definition) is 5. The average molecular weight is 268 g/mol. The first-order chi connectivity index (χ1) is 8.80. The van der Waals surface area contributed by atoms with Crippen LogP contribution in [0.2, 0.25) is 0 Å². The van der Waals surface area contributed by atoms with Crippen LogP contribution < -0.4 is 19.7 Å². The molecule has 1 heterocycles. The van der Waals surface area contributed by atoms with E-state index in [1.807, 2.05) is 6.26 Å². The van der Waals surface area contributed by atoms with Gasteiger partial charge in [0.05, 0.1) is 24.8 Å². The molecular weight excluding hydrogens is 248 g/mol. The van der Waals surface area contributed by atoms with Crippen LogP contribution in [0.25, 0.3) is 0 Å². The number of hydrogen-bond donors (Lipinski definition) is 1. The molecule has 0 aliphatic carbocycles. The summed E-state index contributed by atoms with van der Waals surface area (Å²) in [6.07, 6.45) is 2.04. The van der Waals surface area contributed by atoms with Gasteiger partial charge in [-0.15, -0.1) is 11.8 Å². The fraction of sp³-hybridized carbons (Fsp3) is 0.538. The Morgan fingerprint density at radius 2 is 1.78 bits per heavy atom. The molecule has 0 amide bonds. The second kappa shape index (κ2) is 6.20. The standard InChI is InChI=1S/C13H20N2O2S/c1-16-11-9-13(18-3)12(17-2)8-10(11)15-6-4-14-5-7-15/h8-9,14H,4-7H2,1-3H3. The van der Waals surface area contributed by atoms with Crippen LogP contribution in [-0.4, -0.2) is 46.7 Å². The Kier molecular flexibility index (Phi) is 4.60. The van der Waals surface area contributed by atoms with E-state index in [0.717, 1.165) is 48.3 Å².